The Balaban J connectivity index is 2.76. The van der Waals surface area contributed by atoms with Crippen LogP contribution in [0.15, 0.2) is 6.20 Å². The van der Waals surface area contributed by atoms with Gasteiger partial charge in [-0.15, -0.1) is 0 Å². The predicted octanol–water partition coefficient (Wildman–Crippen LogP) is 3.27. The van der Waals surface area contributed by atoms with E-state index < -0.39 is 0 Å². The van der Waals surface area contributed by atoms with E-state index in [0.717, 1.165) is 30.0 Å². The van der Waals surface area contributed by atoms with Gasteiger partial charge in [-0.1, -0.05) is 13.8 Å². The molecule has 2 atom stereocenters. The molecule has 1 aromatic heterocycles. The molecule has 0 bridgehead atoms. The van der Waals surface area contributed by atoms with E-state index in [0.29, 0.717) is 12.0 Å². The number of nitrogens with zero attached hydrogens (tertiary/aromatic N) is 1. The topological polar surface area (TPSA) is 34.2 Å². The largest absolute Gasteiger partial charge is 0.496 e. The van der Waals surface area contributed by atoms with E-state index in [1.165, 1.54) is 12.0 Å². The van der Waals surface area contributed by atoms with Crippen molar-refractivity contribution >= 4 is 0 Å². The molecule has 0 aromatic carbocycles. The third-order valence-corrected chi connectivity index (χ3v) is 3.83. The molecule has 0 radical (unpaired) electrons. The van der Waals surface area contributed by atoms with Gasteiger partial charge in [0, 0.05) is 29.1 Å². The Morgan fingerprint density at radius 1 is 1.32 bits per heavy atom. The van der Waals surface area contributed by atoms with Gasteiger partial charge in [0.15, 0.2) is 0 Å². The van der Waals surface area contributed by atoms with Crippen LogP contribution in [0.4, 0.5) is 0 Å². The molecule has 0 aliphatic carbocycles. The first kappa shape index (κ1) is 16.0. The second-order valence-electron chi connectivity index (χ2n) is 5.47. The fourth-order valence-electron chi connectivity index (χ4n) is 2.33. The van der Waals surface area contributed by atoms with E-state index in [9.17, 15) is 0 Å². The molecule has 3 nitrogen and oxygen atoms in total. The molecule has 0 aliphatic heterocycles. The summed E-state index contributed by atoms with van der Waals surface area (Å²) in [5.41, 5.74) is 3.44. The Morgan fingerprint density at radius 2 is 2.00 bits per heavy atom. The lowest BCUT2D eigenvalue weighted by Crippen LogP contribution is -2.33. The monoisotopic (exact) mass is 264 g/mol. The fraction of sp³-hybridized carbons (Fsp3) is 0.688. The van der Waals surface area contributed by atoms with Crippen molar-refractivity contribution in [1.29, 1.82) is 0 Å². The van der Waals surface area contributed by atoms with Crippen molar-refractivity contribution < 1.29 is 4.74 Å². The van der Waals surface area contributed by atoms with Crippen molar-refractivity contribution in [2.45, 2.75) is 53.5 Å². The van der Waals surface area contributed by atoms with Crippen molar-refractivity contribution in [3.63, 3.8) is 0 Å². The summed E-state index contributed by atoms with van der Waals surface area (Å²) in [6.45, 7) is 11.9. The molecule has 2 unspecified atom stereocenters. The summed E-state index contributed by atoms with van der Waals surface area (Å²) in [5.74, 6) is 1.54. The Bertz CT molecular complexity index is 404. The molecule has 1 aromatic rings. The van der Waals surface area contributed by atoms with Crippen molar-refractivity contribution in [3.8, 4) is 5.75 Å². The average molecular weight is 264 g/mol. The Labute approximate surface area is 117 Å². The van der Waals surface area contributed by atoms with E-state index in [2.05, 4.69) is 38.0 Å². The number of aromatic nitrogens is 1. The number of hydrogen-bond donors (Lipinski definition) is 1. The van der Waals surface area contributed by atoms with Crippen LogP contribution in [0, 0.1) is 19.8 Å². The van der Waals surface area contributed by atoms with Gasteiger partial charge in [0.25, 0.3) is 0 Å². The summed E-state index contributed by atoms with van der Waals surface area (Å²) in [4.78, 5) is 4.58. The lowest BCUT2D eigenvalue weighted by Gasteiger charge is -2.22. The first-order valence-electron chi connectivity index (χ1n) is 7.23. The van der Waals surface area contributed by atoms with Crippen LogP contribution in [0.1, 0.15) is 44.0 Å². The highest BCUT2D eigenvalue weighted by molar-refractivity contribution is 5.41. The molecule has 0 amide bonds. The Morgan fingerprint density at radius 3 is 2.58 bits per heavy atom. The summed E-state index contributed by atoms with van der Waals surface area (Å²) >= 11 is 0. The van der Waals surface area contributed by atoms with Crippen LogP contribution in [0.3, 0.4) is 0 Å². The zero-order valence-electron chi connectivity index (χ0n) is 13.2. The standard InChI is InChI=1S/C16H28N2O/c1-7-8-17-14(5)11(2)9-15-13(4)16(19-6)12(3)10-18-15/h10-11,14,17H,7-9H2,1-6H3. The van der Waals surface area contributed by atoms with E-state index in [1.807, 2.05) is 13.1 Å². The molecular formula is C16H28N2O. The molecule has 19 heavy (non-hydrogen) atoms. The van der Waals surface area contributed by atoms with Crippen LogP contribution in [0.25, 0.3) is 0 Å². The molecule has 3 heteroatoms. The highest BCUT2D eigenvalue weighted by Gasteiger charge is 2.16. The predicted molar refractivity (Wildman–Crippen MR) is 80.9 cm³/mol. The number of rotatable bonds is 7. The molecule has 0 aliphatic rings. The van der Waals surface area contributed by atoms with Gasteiger partial charge in [0.05, 0.1) is 7.11 Å². The SMILES string of the molecule is CCCNC(C)C(C)Cc1ncc(C)c(OC)c1C. The Kier molecular flexibility index (Phi) is 6.29. The summed E-state index contributed by atoms with van der Waals surface area (Å²) < 4.78 is 5.47. The van der Waals surface area contributed by atoms with Crippen LogP contribution in [0.5, 0.6) is 5.75 Å². The maximum atomic E-state index is 5.47. The molecule has 1 N–H and O–H groups in total. The second-order valence-corrected chi connectivity index (χ2v) is 5.47. The van der Waals surface area contributed by atoms with Gasteiger partial charge in [-0.2, -0.15) is 0 Å². The molecule has 108 valence electrons. The Hall–Kier alpha value is -1.09. The molecule has 1 heterocycles. The number of pyridine rings is 1. The van der Waals surface area contributed by atoms with Gasteiger partial charge >= 0.3 is 0 Å². The van der Waals surface area contributed by atoms with Crippen molar-refractivity contribution in [2.24, 2.45) is 5.92 Å². The lowest BCUT2D eigenvalue weighted by atomic mass is 9.95. The van der Waals surface area contributed by atoms with Gasteiger partial charge in [-0.25, -0.2) is 0 Å². The highest BCUT2D eigenvalue weighted by Crippen LogP contribution is 2.25. The third kappa shape index (κ3) is 4.20. The first-order chi connectivity index (χ1) is 9.01. The van der Waals surface area contributed by atoms with Crippen molar-refractivity contribution in [3.05, 3.63) is 23.0 Å². The number of ether oxygens (including phenoxy) is 1. The molecule has 0 saturated heterocycles. The van der Waals surface area contributed by atoms with E-state index in [-0.39, 0.29) is 0 Å². The van der Waals surface area contributed by atoms with Gasteiger partial charge in [-0.05, 0) is 46.1 Å². The van der Waals surface area contributed by atoms with Crippen LogP contribution in [0.2, 0.25) is 0 Å². The number of methoxy groups -OCH3 is 1. The van der Waals surface area contributed by atoms with E-state index >= 15 is 0 Å². The van der Waals surface area contributed by atoms with Crippen LogP contribution < -0.4 is 10.1 Å². The number of aryl methyl sites for hydroxylation is 1. The number of hydrogen-bond acceptors (Lipinski definition) is 3. The van der Waals surface area contributed by atoms with E-state index in [4.69, 9.17) is 4.74 Å². The molecule has 1 rings (SSSR count). The summed E-state index contributed by atoms with van der Waals surface area (Å²) in [5, 5.41) is 3.55. The van der Waals surface area contributed by atoms with Gasteiger partial charge in [-0.3, -0.25) is 4.98 Å². The summed E-state index contributed by atoms with van der Waals surface area (Å²) in [7, 11) is 1.73. The smallest absolute Gasteiger partial charge is 0.128 e. The third-order valence-electron chi connectivity index (χ3n) is 3.83. The molecule has 0 spiro atoms. The maximum absolute atomic E-state index is 5.47. The lowest BCUT2D eigenvalue weighted by molar-refractivity contribution is 0.389. The quantitative estimate of drug-likeness (QED) is 0.820. The molecular weight excluding hydrogens is 236 g/mol. The van der Waals surface area contributed by atoms with Crippen LogP contribution in [-0.4, -0.2) is 24.7 Å². The minimum Gasteiger partial charge on any atom is -0.496 e. The molecule has 0 saturated carbocycles. The van der Waals surface area contributed by atoms with Crippen LogP contribution >= 0.6 is 0 Å². The second kappa shape index (κ2) is 7.49. The van der Waals surface area contributed by atoms with Gasteiger partial charge in [0.2, 0.25) is 0 Å². The van der Waals surface area contributed by atoms with Gasteiger partial charge < -0.3 is 10.1 Å². The number of nitrogens with one attached hydrogen (secondary N) is 1. The minimum atomic E-state index is 0.508. The zero-order valence-corrected chi connectivity index (χ0v) is 13.2. The first-order valence-corrected chi connectivity index (χ1v) is 7.23. The molecule has 0 fully saturated rings. The summed E-state index contributed by atoms with van der Waals surface area (Å²) in [6, 6.07) is 0.508. The van der Waals surface area contributed by atoms with Crippen molar-refractivity contribution in [2.75, 3.05) is 13.7 Å². The van der Waals surface area contributed by atoms with Crippen molar-refractivity contribution in [1.82, 2.24) is 10.3 Å². The van der Waals surface area contributed by atoms with E-state index in [1.54, 1.807) is 7.11 Å². The highest BCUT2D eigenvalue weighted by atomic mass is 16.5. The minimum absolute atomic E-state index is 0.508. The van der Waals surface area contributed by atoms with Gasteiger partial charge in [0.1, 0.15) is 5.75 Å². The normalized spacial score (nSPS) is 14.2. The summed E-state index contributed by atoms with van der Waals surface area (Å²) in [6.07, 6.45) is 4.07. The maximum Gasteiger partial charge on any atom is 0.128 e. The zero-order chi connectivity index (χ0) is 14.4. The fourth-order valence-corrected chi connectivity index (χ4v) is 2.33. The average Bonchev–Trinajstić information content (AvgIpc) is 2.39. The van der Waals surface area contributed by atoms with Crippen LogP contribution in [-0.2, 0) is 6.42 Å².